The average Bonchev–Trinajstić information content (AvgIpc) is 0.766. The summed E-state index contributed by atoms with van der Waals surface area (Å²) in [6.45, 7) is 0.882. The van der Waals surface area contributed by atoms with Gasteiger partial charge in [0.05, 0.1) is 70.1 Å². The number of hydrogen-bond acceptors (Lipinski definition) is 42. The van der Waals surface area contributed by atoms with Crippen molar-refractivity contribution < 1.29 is 208 Å². The highest BCUT2D eigenvalue weighted by Gasteiger charge is 2.60. The SMILES string of the molecule is CC(=O)N[C@H]1[C@H](OC[C@@H](O)[C@H](O)[C@H](O[C@@H]2O[C@H](CO)[C@@H](O[C@@H]3O[C@@H](C)[C@@H](O)[C@@H](O)[C@@H]3O)[C@H](O[C@@H]3O[C@H](CO)[C@H](O)[C@H](O)[C@H]3O[C@@H]3O[C@@H](C)[C@@H](O)[C@@H](O)[C@@H]3O)[C@H]2NC(C)=O)[C@H](CO)NC(C)=O)O[C@H](CO)[C@@H](O[C@@H]2O[C@@H](C)[C@@H](O)[C@@H](O)[C@@H]2O)[C@@H]1O[C@@H]1O[C@H](CO)[C@H](O)[C@H](O)[C@H]1O[C@@H]1O[C@@H](C)[C@@H](O)[C@@H](O)[C@@H]1O. The van der Waals surface area contributed by atoms with Gasteiger partial charge >= 0.3 is 0 Å². The lowest BCUT2D eigenvalue weighted by molar-refractivity contribution is -0.394. The molecule has 0 bridgehead atoms. The lowest BCUT2D eigenvalue weighted by Crippen LogP contribution is -2.71. The summed E-state index contributed by atoms with van der Waals surface area (Å²) in [7, 11) is 0. The quantitative estimate of drug-likeness (QED) is 0.0346. The van der Waals surface area contributed by atoms with Crippen molar-refractivity contribution >= 4 is 17.7 Å². The smallest absolute Gasteiger partial charge is 0.217 e. The van der Waals surface area contributed by atoms with Gasteiger partial charge in [0.2, 0.25) is 17.7 Å². The Morgan fingerprint density at radius 1 is 0.343 bits per heavy atom. The average molecular weight is 1540 g/mol. The Kier molecular flexibility index (Phi) is 31.6. The molecule has 8 saturated heterocycles. The van der Waals surface area contributed by atoms with Crippen LogP contribution in [0.1, 0.15) is 48.5 Å². The van der Waals surface area contributed by atoms with E-state index in [9.17, 15) is 132 Å². The topological polar surface area (TPSA) is 700 Å². The zero-order valence-electron chi connectivity index (χ0n) is 57.7. The number of aliphatic hydroxyl groups is 23. The molecule has 0 aromatic carbocycles. The summed E-state index contributed by atoms with van der Waals surface area (Å²) in [5.41, 5.74) is 0. The molecule has 8 heterocycles. The van der Waals surface area contributed by atoms with Crippen LogP contribution in [0.5, 0.6) is 0 Å². The van der Waals surface area contributed by atoms with Crippen LogP contribution in [0.15, 0.2) is 0 Å². The fourth-order valence-corrected chi connectivity index (χ4v) is 13.4. The molecule has 0 aromatic heterocycles. The molecule has 0 saturated carbocycles. The lowest BCUT2D eigenvalue weighted by atomic mass is 9.93. The second-order valence-electron chi connectivity index (χ2n) is 27.1. The molecule has 0 aromatic rings. The molecular weight excluding hydrogens is 1430 g/mol. The zero-order chi connectivity index (χ0) is 77.8. The molecule has 45 nitrogen and oxygen atoms in total. The largest absolute Gasteiger partial charge is 0.394 e. The van der Waals surface area contributed by atoms with Crippen LogP contribution in [0.25, 0.3) is 0 Å². The summed E-state index contributed by atoms with van der Waals surface area (Å²) in [6, 6.07) is -5.92. The highest BCUT2D eigenvalue weighted by Crippen LogP contribution is 2.40. The van der Waals surface area contributed by atoms with Crippen LogP contribution in [-0.4, -0.2) is 445 Å². The van der Waals surface area contributed by atoms with Gasteiger partial charge in [-0.1, -0.05) is 0 Å². The summed E-state index contributed by atoms with van der Waals surface area (Å²) >= 11 is 0. The van der Waals surface area contributed by atoms with Crippen molar-refractivity contribution in [1.29, 1.82) is 0 Å². The number of ether oxygens (including phenoxy) is 16. The van der Waals surface area contributed by atoms with E-state index in [0.717, 1.165) is 20.8 Å². The first-order valence-electron chi connectivity index (χ1n) is 34.0. The first kappa shape index (κ1) is 87.4. The molecule has 8 fully saturated rings. The zero-order valence-corrected chi connectivity index (χ0v) is 57.7. The molecule has 0 spiro atoms. The van der Waals surface area contributed by atoms with Gasteiger partial charge in [-0.2, -0.15) is 0 Å². The number of carbonyl (C=O) groups excluding carboxylic acids is 3. The minimum Gasteiger partial charge on any atom is -0.394 e. The second kappa shape index (κ2) is 37.9. The molecular formula is C60H103N3O42. The molecule has 610 valence electrons. The van der Waals surface area contributed by atoms with Crippen LogP contribution >= 0.6 is 0 Å². The van der Waals surface area contributed by atoms with E-state index in [2.05, 4.69) is 16.0 Å². The van der Waals surface area contributed by atoms with E-state index < -0.39 is 327 Å². The molecule has 8 aliphatic rings. The first-order chi connectivity index (χ1) is 49.4. The number of rotatable bonds is 28. The Bertz CT molecular complexity index is 2720. The van der Waals surface area contributed by atoms with Crippen molar-refractivity contribution in [3.05, 3.63) is 0 Å². The fraction of sp³-hybridized carbons (Fsp3) is 0.950. The Balaban J connectivity index is 1.16. The third kappa shape index (κ3) is 19.7. The third-order valence-corrected chi connectivity index (χ3v) is 19.5. The van der Waals surface area contributed by atoms with Crippen molar-refractivity contribution in [1.82, 2.24) is 16.0 Å². The summed E-state index contributed by atoms with van der Waals surface area (Å²) < 4.78 is 96.4. The van der Waals surface area contributed by atoms with Crippen molar-refractivity contribution in [2.45, 2.75) is 318 Å². The van der Waals surface area contributed by atoms with E-state index >= 15 is 0 Å². The van der Waals surface area contributed by atoms with Crippen LogP contribution in [0.3, 0.4) is 0 Å². The van der Waals surface area contributed by atoms with Crippen LogP contribution < -0.4 is 16.0 Å². The van der Waals surface area contributed by atoms with Crippen LogP contribution in [-0.2, 0) is 90.2 Å². The predicted octanol–water partition coefficient (Wildman–Crippen LogP) is -16.4. The van der Waals surface area contributed by atoms with Gasteiger partial charge in [0.15, 0.2) is 50.3 Å². The van der Waals surface area contributed by atoms with Crippen molar-refractivity contribution in [2.75, 3.05) is 39.6 Å². The van der Waals surface area contributed by atoms with Gasteiger partial charge < -0.3 is 209 Å². The maximum absolute atomic E-state index is 13.6. The van der Waals surface area contributed by atoms with E-state index in [4.69, 9.17) is 75.8 Å². The molecule has 0 radical (unpaired) electrons. The minimum absolute atomic E-state index is 0.922. The number of carbonyl (C=O) groups is 3. The van der Waals surface area contributed by atoms with E-state index in [1.165, 1.54) is 27.7 Å². The van der Waals surface area contributed by atoms with E-state index in [1.54, 1.807) is 0 Å². The van der Waals surface area contributed by atoms with Gasteiger partial charge in [-0.25, -0.2) is 0 Å². The van der Waals surface area contributed by atoms with Crippen molar-refractivity contribution in [2.24, 2.45) is 0 Å². The number of nitrogens with one attached hydrogen (secondary N) is 3. The van der Waals surface area contributed by atoms with Crippen LogP contribution in [0.4, 0.5) is 0 Å². The van der Waals surface area contributed by atoms with Gasteiger partial charge in [0.25, 0.3) is 0 Å². The molecule has 0 unspecified atom stereocenters. The molecule has 0 aliphatic carbocycles. The van der Waals surface area contributed by atoms with E-state index in [1.807, 2.05) is 0 Å². The summed E-state index contributed by atoms with van der Waals surface area (Å²) in [4.78, 5) is 40.0. The molecule has 26 N–H and O–H groups in total. The van der Waals surface area contributed by atoms with Crippen LogP contribution in [0.2, 0.25) is 0 Å². The number of aliphatic hydroxyl groups excluding tert-OH is 23. The maximum Gasteiger partial charge on any atom is 0.217 e. The Hall–Kier alpha value is -3.15. The fourth-order valence-electron chi connectivity index (χ4n) is 13.4. The van der Waals surface area contributed by atoms with Crippen LogP contribution in [0, 0.1) is 0 Å². The van der Waals surface area contributed by atoms with Gasteiger partial charge in [-0.05, 0) is 27.7 Å². The summed E-state index contributed by atoms with van der Waals surface area (Å²) in [5, 5.41) is 262. The van der Waals surface area contributed by atoms with Crippen molar-refractivity contribution in [3.8, 4) is 0 Å². The monoisotopic (exact) mass is 1540 g/mol. The molecule has 8 rings (SSSR count). The Morgan fingerprint density at radius 2 is 0.648 bits per heavy atom. The number of hydrogen-bond donors (Lipinski definition) is 26. The van der Waals surface area contributed by atoms with E-state index in [0.29, 0.717) is 0 Å². The molecule has 45 heteroatoms. The first-order valence-corrected chi connectivity index (χ1v) is 34.0. The Labute approximate surface area is 597 Å². The molecule has 3 amide bonds. The molecule has 105 heavy (non-hydrogen) atoms. The highest BCUT2D eigenvalue weighted by atomic mass is 16.8. The maximum atomic E-state index is 13.6. The summed E-state index contributed by atoms with van der Waals surface area (Å²) in [6.07, 6.45) is -80.9. The normalized spacial score (nSPS) is 48.3. The number of amides is 3. The minimum atomic E-state index is -2.55. The van der Waals surface area contributed by atoms with Gasteiger partial charge in [0.1, 0.15) is 189 Å². The lowest BCUT2D eigenvalue weighted by Gasteiger charge is -2.51. The van der Waals surface area contributed by atoms with Gasteiger partial charge in [-0.3, -0.25) is 14.4 Å². The second-order valence-corrected chi connectivity index (χ2v) is 27.1. The standard InChI is InChI=1S/C60H103N3O42/c1-14-29(73)36(80)42(86)55(91-14)100-47-25(11-67)97-53(27(62-19(6)70)49(47)102-59-51(40(84)34(78)23(9-65)95-59)104-57-44(88)38(82)31(75)16(3)93-57)90-13-22(72)33(77)46(21(8-64)61-18(5)69)99-54-28(63-20(7)71)50(48(26(12-68)98-54)101-56-43(87)37(81)30(74)15(2)92-56)103-60-52(41(85)35(79)24(10-66)96-60)105-58-45(89)39(83)32(76)17(4)94-58/h14-17,21-60,64-68,72-89H,8-13H2,1-7H3,(H,61,69)(H,62,70)(H,63,71)/t14-,15-,16-,17-,21-,22+,23+,24+,25+,26+,27+,28+,29+,30+,31+,32+,33-,34-,35-,36+,37+,38+,39+,40-,41-,42-,43-,44-,45-,46+,47+,48+,49+,50+,51+,52+,53+,54-,55-,56-,57-,58-,59-,60-/m0/s1. The van der Waals surface area contributed by atoms with Crippen molar-refractivity contribution in [3.63, 3.8) is 0 Å². The highest BCUT2D eigenvalue weighted by molar-refractivity contribution is 5.74. The molecule has 44 atom stereocenters. The third-order valence-electron chi connectivity index (χ3n) is 19.5. The summed E-state index contributed by atoms with van der Waals surface area (Å²) in [5.74, 6) is -2.93. The predicted molar refractivity (Wildman–Crippen MR) is 328 cm³/mol. The Morgan fingerprint density at radius 3 is 0.962 bits per heavy atom. The van der Waals surface area contributed by atoms with E-state index in [-0.39, 0.29) is 0 Å². The van der Waals surface area contributed by atoms with Gasteiger partial charge in [-0.15, -0.1) is 0 Å². The van der Waals surface area contributed by atoms with Gasteiger partial charge in [0, 0.05) is 20.8 Å². The molecule has 8 aliphatic heterocycles.